The normalized spacial score (nSPS) is 11.9. The van der Waals surface area contributed by atoms with Crippen LogP contribution in [-0.2, 0) is 5.41 Å². The summed E-state index contributed by atoms with van der Waals surface area (Å²) >= 11 is 6.33. The van der Waals surface area contributed by atoms with Gasteiger partial charge in [0.15, 0.2) is 0 Å². The molecule has 1 rings (SSSR count). The lowest BCUT2D eigenvalue weighted by Crippen LogP contribution is -2.10. The third-order valence-electron chi connectivity index (χ3n) is 1.05. The Kier molecular flexibility index (Phi) is 1.92. The number of hydrogen-bond donors (Lipinski definition) is 0. The molecule has 0 N–H and O–H groups in total. The third-order valence-corrected chi connectivity index (χ3v) is 2.52. The molecule has 2 nitrogen and oxygen atoms in total. The smallest absolute Gasteiger partial charge is 0.142 e. The van der Waals surface area contributed by atoms with Gasteiger partial charge in [0.25, 0.3) is 0 Å². The van der Waals surface area contributed by atoms with Crippen molar-refractivity contribution in [3.05, 3.63) is 5.01 Å². The molecule has 0 aliphatic heterocycles. The van der Waals surface area contributed by atoms with E-state index < -0.39 is 0 Å². The second-order valence-corrected chi connectivity index (χ2v) is 4.75. The molecule has 0 aromatic carbocycles. The minimum absolute atomic E-state index is 0.0920. The molecule has 1 radical (unpaired) electrons. The Hall–Kier alpha value is -0.220. The monoisotopic (exact) mass is 173 g/mol. The van der Waals surface area contributed by atoms with E-state index in [2.05, 4.69) is 31.0 Å². The van der Waals surface area contributed by atoms with Crippen molar-refractivity contribution >= 4 is 24.0 Å². The van der Waals surface area contributed by atoms with Gasteiger partial charge in [0.2, 0.25) is 4.34 Å². The average Bonchev–Trinajstić information content (AvgIpc) is 2.11. The molecule has 4 heteroatoms. The Morgan fingerprint density at radius 1 is 1.30 bits per heavy atom. The highest BCUT2D eigenvalue weighted by Crippen LogP contribution is 2.26. The summed E-state index contributed by atoms with van der Waals surface area (Å²) in [7, 11) is 0. The van der Waals surface area contributed by atoms with Crippen LogP contribution >= 0.6 is 24.0 Å². The maximum atomic E-state index is 4.85. The topological polar surface area (TPSA) is 25.8 Å². The van der Waals surface area contributed by atoms with Crippen LogP contribution in [0, 0.1) is 0 Å². The Balaban J connectivity index is 2.96. The molecule has 0 unspecified atom stereocenters. The van der Waals surface area contributed by atoms with Crippen molar-refractivity contribution in [2.75, 3.05) is 0 Å². The fourth-order valence-electron chi connectivity index (χ4n) is 0.513. The second-order valence-electron chi connectivity index (χ2n) is 3.12. The standard InChI is InChI=1S/C6H9N2S2/c1-6(2,3)4-7-8-5(9)10-4/h1-3H3. The Morgan fingerprint density at radius 2 is 1.90 bits per heavy atom. The molecule has 1 aromatic heterocycles. The molecule has 0 aliphatic rings. The lowest BCUT2D eigenvalue weighted by Gasteiger charge is -2.11. The van der Waals surface area contributed by atoms with Crippen molar-refractivity contribution in [1.82, 2.24) is 10.2 Å². The Labute approximate surface area is 70.1 Å². The number of aromatic nitrogens is 2. The van der Waals surface area contributed by atoms with Gasteiger partial charge in [0, 0.05) is 5.41 Å². The molecule has 0 aliphatic carbocycles. The van der Waals surface area contributed by atoms with E-state index in [1.54, 1.807) is 0 Å². The van der Waals surface area contributed by atoms with Crippen molar-refractivity contribution in [3.63, 3.8) is 0 Å². The minimum Gasteiger partial charge on any atom is -0.142 e. The zero-order valence-electron chi connectivity index (χ0n) is 6.21. The molecule has 10 heavy (non-hydrogen) atoms. The summed E-state index contributed by atoms with van der Waals surface area (Å²) in [6.07, 6.45) is 0. The SMILES string of the molecule is CC(C)(C)c1nnc([S])s1. The molecule has 1 aromatic rings. The van der Waals surface area contributed by atoms with Gasteiger partial charge in [-0.3, -0.25) is 0 Å². The lowest BCUT2D eigenvalue weighted by atomic mass is 9.98. The van der Waals surface area contributed by atoms with E-state index in [0.717, 1.165) is 5.01 Å². The zero-order chi connectivity index (χ0) is 7.78. The quantitative estimate of drug-likeness (QED) is 0.602. The van der Waals surface area contributed by atoms with E-state index in [1.165, 1.54) is 11.3 Å². The fourth-order valence-corrected chi connectivity index (χ4v) is 1.43. The average molecular weight is 173 g/mol. The summed E-state index contributed by atoms with van der Waals surface area (Å²) in [5.74, 6) is 0. The first-order valence-electron chi connectivity index (χ1n) is 3.01. The highest BCUT2D eigenvalue weighted by atomic mass is 32.2. The van der Waals surface area contributed by atoms with Gasteiger partial charge in [0.1, 0.15) is 5.01 Å². The third kappa shape index (κ3) is 1.64. The van der Waals surface area contributed by atoms with Gasteiger partial charge in [-0.2, -0.15) is 0 Å². The molecular weight excluding hydrogens is 164 g/mol. The summed E-state index contributed by atoms with van der Waals surface area (Å²) < 4.78 is 0.630. The zero-order valence-corrected chi connectivity index (χ0v) is 7.84. The summed E-state index contributed by atoms with van der Waals surface area (Å²) in [5, 5.41) is 8.73. The number of nitrogens with zero attached hydrogens (tertiary/aromatic N) is 2. The van der Waals surface area contributed by atoms with Gasteiger partial charge >= 0.3 is 0 Å². The van der Waals surface area contributed by atoms with Crippen LogP contribution in [0.4, 0.5) is 0 Å². The van der Waals surface area contributed by atoms with E-state index in [4.69, 9.17) is 12.6 Å². The fraction of sp³-hybridized carbons (Fsp3) is 0.667. The van der Waals surface area contributed by atoms with Crippen LogP contribution in [0.5, 0.6) is 0 Å². The van der Waals surface area contributed by atoms with Crippen molar-refractivity contribution in [1.29, 1.82) is 0 Å². The van der Waals surface area contributed by atoms with Crippen LogP contribution in [0.3, 0.4) is 0 Å². The van der Waals surface area contributed by atoms with Gasteiger partial charge in [-0.1, -0.05) is 32.1 Å². The predicted octanol–water partition coefficient (Wildman–Crippen LogP) is 2.39. The first-order chi connectivity index (χ1) is 4.50. The largest absolute Gasteiger partial charge is 0.204 e. The van der Waals surface area contributed by atoms with Crippen molar-refractivity contribution in [3.8, 4) is 0 Å². The van der Waals surface area contributed by atoms with Gasteiger partial charge in [0.05, 0.1) is 0 Å². The van der Waals surface area contributed by atoms with E-state index in [-0.39, 0.29) is 5.41 Å². The van der Waals surface area contributed by atoms with E-state index >= 15 is 0 Å². The van der Waals surface area contributed by atoms with Crippen molar-refractivity contribution < 1.29 is 0 Å². The first-order valence-corrected chi connectivity index (χ1v) is 4.23. The van der Waals surface area contributed by atoms with Crippen LogP contribution in [0.25, 0.3) is 0 Å². The van der Waals surface area contributed by atoms with Gasteiger partial charge in [-0.05, 0) is 12.6 Å². The van der Waals surface area contributed by atoms with Crippen molar-refractivity contribution in [2.24, 2.45) is 0 Å². The molecule has 0 spiro atoms. The Bertz CT molecular complexity index is 224. The van der Waals surface area contributed by atoms with Gasteiger partial charge in [-0.15, -0.1) is 10.2 Å². The predicted molar refractivity (Wildman–Crippen MR) is 44.5 cm³/mol. The maximum absolute atomic E-state index is 4.85. The summed E-state index contributed by atoms with van der Waals surface area (Å²) in [4.78, 5) is 0. The van der Waals surface area contributed by atoms with Crippen LogP contribution in [-0.4, -0.2) is 10.2 Å². The van der Waals surface area contributed by atoms with Crippen LogP contribution in [0.2, 0.25) is 0 Å². The Morgan fingerprint density at radius 3 is 2.10 bits per heavy atom. The van der Waals surface area contributed by atoms with Gasteiger partial charge in [-0.25, -0.2) is 0 Å². The highest BCUT2D eigenvalue weighted by Gasteiger charge is 2.18. The maximum Gasteiger partial charge on any atom is 0.204 e. The molecule has 0 bridgehead atoms. The molecule has 0 atom stereocenters. The molecule has 0 fully saturated rings. The van der Waals surface area contributed by atoms with Crippen LogP contribution < -0.4 is 0 Å². The molecular formula is C6H9N2S2. The highest BCUT2D eigenvalue weighted by molar-refractivity contribution is 7.82. The van der Waals surface area contributed by atoms with E-state index in [1.807, 2.05) is 0 Å². The van der Waals surface area contributed by atoms with E-state index in [0.29, 0.717) is 4.34 Å². The molecule has 0 saturated carbocycles. The lowest BCUT2D eigenvalue weighted by molar-refractivity contribution is 0.577. The molecule has 0 saturated heterocycles. The first kappa shape index (κ1) is 7.88. The van der Waals surface area contributed by atoms with Crippen LogP contribution in [0.1, 0.15) is 25.8 Å². The summed E-state index contributed by atoms with van der Waals surface area (Å²) in [6.45, 7) is 6.30. The van der Waals surface area contributed by atoms with Crippen LogP contribution in [0.15, 0.2) is 4.34 Å². The van der Waals surface area contributed by atoms with E-state index in [9.17, 15) is 0 Å². The molecule has 1 heterocycles. The minimum atomic E-state index is 0.0920. The summed E-state index contributed by atoms with van der Waals surface area (Å²) in [5.41, 5.74) is 0.0920. The molecule has 55 valence electrons. The van der Waals surface area contributed by atoms with Gasteiger partial charge < -0.3 is 0 Å². The number of hydrogen-bond acceptors (Lipinski definition) is 3. The van der Waals surface area contributed by atoms with Crippen molar-refractivity contribution in [2.45, 2.75) is 30.5 Å². The molecule has 0 amide bonds. The number of rotatable bonds is 0. The summed E-state index contributed by atoms with van der Waals surface area (Å²) in [6, 6.07) is 0. The second kappa shape index (κ2) is 2.43.